The number of hydrogen-bond acceptors (Lipinski definition) is 3. The van der Waals surface area contributed by atoms with E-state index >= 15 is 0 Å². The molecule has 2 rings (SSSR count). The van der Waals surface area contributed by atoms with Crippen molar-refractivity contribution in [2.45, 2.75) is 19.4 Å². The van der Waals surface area contributed by atoms with Gasteiger partial charge in [0.05, 0.1) is 17.1 Å². The number of aliphatic imine (C=N–C) groups is 1. The average Bonchev–Trinajstić information content (AvgIpc) is 2.66. The van der Waals surface area contributed by atoms with Crippen molar-refractivity contribution in [1.29, 1.82) is 0 Å². The minimum atomic E-state index is -0.246. The number of rotatable bonds is 3. The summed E-state index contributed by atoms with van der Waals surface area (Å²) in [5, 5.41) is 0. The van der Waals surface area contributed by atoms with E-state index in [2.05, 4.69) is 27.8 Å². The summed E-state index contributed by atoms with van der Waals surface area (Å²) in [4.78, 5) is 6.26. The van der Waals surface area contributed by atoms with Crippen LogP contribution in [0.4, 0.5) is 4.39 Å². The van der Waals surface area contributed by atoms with Gasteiger partial charge in [-0.1, -0.05) is 13.0 Å². The first-order chi connectivity index (χ1) is 8.13. The Labute approximate surface area is 109 Å². The summed E-state index contributed by atoms with van der Waals surface area (Å²) in [5.74, 6) is 0.310. The second-order valence-corrected chi connectivity index (χ2v) is 4.94. The molecule has 1 atom stereocenters. The molecule has 1 aliphatic rings. The Hall–Kier alpha value is -1.10. The van der Waals surface area contributed by atoms with Crippen LogP contribution in [0.5, 0.6) is 0 Å². The van der Waals surface area contributed by atoms with Crippen LogP contribution in [0.1, 0.15) is 24.9 Å². The first-order valence-electron chi connectivity index (χ1n) is 5.65. The summed E-state index contributed by atoms with van der Waals surface area (Å²) in [7, 11) is 0. The smallest absolute Gasteiger partial charge is 0.191 e. The highest BCUT2D eigenvalue weighted by Gasteiger charge is 2.26. The van der Waals surface area contributed by atoms with Gasteiger partial charge in [-0.05, 0) is 40.0 Å². The molecule has 1 unspecified atom stereocenters. The first kappa shape index (κ1) is 12.4. The molecule has 0 aliphatic carbocycles. The molecule has 1 aromatic rings. The third kappa shape index (κ3) is 2.44. The number of halogens is 2. The number of nitrogens with two attached hydrogens (primary N) is 1. The van der Waals surface area contributed by atoms with Gasteiger partial charge in [-0.2, -0.15) is 0 Å². The molecule has 0 bridgehead atoms. The Bertz CT molecular complexity index is 447. The summed E-state index contributed by atoms with van der Waals surface area (Å²) in [6.07, 6.45) is 0.992. The molecule has 2 N–H and O–H groups in total. The lowest BCUT2D eigenvalue weighted by Crippen LogP contribution is -2.36. The van der Waals surface area contributed by atoms with Gasteiger partial charge in [0.1, 0.15) is 5.82 Å². The van der Waals surface area contributed by atoms with E-state index in [1.54, 1.807) is 12.1 Å². The van der Waals surface area contributed by atoms with Crippen LogP contribution in [0.3, 0.4) is 0 Å². The highest BCUT2D eigenvalue weighted by Crippen LogP contribution is 2.28. The van der Waals surface area contributed by atoms with Crippen molar-refractivity contribution >= 4 is 21.9 Å². The zero-order chi connectivity index (χ0) is 12.4. The molecule has 92 valence electrons. The monoisotopic (exact) mass is 299 g/mol. The molecule has 0 saturated carbocycles. The van der Waals surface area contributed by atoms with Crippen LogP contribution in [0.15, 0.2) is 27.7 Å². The normalized spacial score (nSPS) is 19.6. The maximum Gasteiger partial charge on any atom is 0.191 e. The summed E-state index contributed by atoms with van der Waals surface area (Å²) in [6.45, 7) is 3.54. The number of nitrogens with zero attached hydrogens (tertiary/aromatic N) is 2. The molecule has 1 aliphatic heterocycles. The summed E-state index contributed by atoms with van der Waals surface area (Å²) < 4.78 is 14.0. The molecular weight excluding hydrogens is 285 g/mol. The maximum absolute atomic E-state index is 13.5. The van der Waals surface area contributed by atoms with Gasteiger partial charge in [0, 0.05) is 6.54 Å². The number of guanidine groups is 1. The van der Waals surface area contributed by atoms with Gasteiger partial charge in [0.25, 0.3) is 0 Å². The van der Waals surface area contributed by atoms with E-state index in [1.165, 1.54) is 0 Å². The molecule has 1 heterocycles. The third-order valence-corrected chi connectivity index (χ3v) is 3.53. The predicted octanol–water partition coefficient (Wildman–Crippen LogP) is 2.67. The molecule has 0 saturated heterocycles. The fraction of sp³-hybridized carbons (Fsp3) is 0.417. The molecule has 0 spiro atoms. The van der Waals surface area contributed by atoms with Gasteiger partial charge in [0.2, 0.25) is 0 Å². The Morgan fingerprint density at radius 2 is 2.35 bits per heavy atom. The zero-order valence-corrected chi connectivity index (χ0v) is 11.2. The highest BCUT2D eigenvalue weighted by molar-refractivity contribution is 9.10. The van der Waals surface area contributed by atoms with Crippen molar-refractivity contribution in [2.24, 2.45) is 10.7 Å². The number of benzene rings is 1. The molecule has 17 heavy (non-hydrogen) atoms. The SMILES string of the molecule is CCCN1C(N)=NCC1c1ccc(Br)c(F)c1. The lowest BCUT2D eigenvalue weighted by atomic mass is 10.1. The van der Waals surface area contributed by atoms with Crippen molar-refractivity contribution < 1.29 is 4.39 Å². The minimum absolute atomic E-state index is 0.0672. The van der Waals surface area contributed by atoms with Crippen LogP contribution in [0.25, 0.3) is 0 Å². The van der Waals surface area contributed by atoms with Crippen molar-refractivity contribution in [3.8, 4) is 0 Å². The Morgan fingerprint density at radius 3 is 3.00 bits per heavy atom. The predicted molar refractivity (Wildman–Crippen MR) is 70.3 cm³/mol. The van der Waals surface area contributed by atoms with Crippen LogP contribution in [0, 0.1) is 5.82 Å². The summed E-state index contributed by atoms with van der Waals surface area (Å²) in [5.41, 5.74) is 6.75. The van der Waals surface area contributed by atoms with Crippen molar-refractivity contribution in [1.82, 2.24) is 4.90 Å². The fourth-order valence-electron chi connectivity index (χ4n) is 2.05. The van der Waals surface area contributed by atoms with E-state index in [0.29, 0.717) is 17.0 Å². The molecule has 0 aromatic heterocycles. The van der Waals surface area contributed by atoms with Gasteiger partial charge < -0.3 is 10.6 Å². The topological polar surface area (TPSA) is 41.6 Å². The molecule has 3 nitrogen and oxygen atoms in total. The summed E-state index contributed by atoms with van der Waals surface area (Å²) >= 11 is 3.15. The van der Waals surface area contributed by atoms with Crippen LogP contribution >= 0.6 is 15.9 Å². The van der Waals surface area contributed by atoms with Crippen LogP contribution < -0.4 is 5.73 Å². The van der Waals surface area contributed by atoms with E-state index in [0.717, 1.165) is 18.5 Å². The molecule has 0 amide bonds. The van der Waals surface area contributed by atoms with Crippen molar-refractivity contribution in [3.63, 3.8) is 0 Å². The average molecular weight is 300 g/mol. The zero-order valence-electron chi connectivity index (χ0n) is 9.66. The van der Waals surface area contributed by atoms with E-state index in [1.807, 2.05) is 11.0 Å². The molecular formula is C12H15BrFN3. The summed E-state index contributed by atoms with van der Waals surface area (Å²) in [6, 6.07) is 5.25. The van der Waals surface area contributed by atoms with Crippen molar-refractivity contribution in [3.05, 3.63) is 34.1 Å². The molecule has 0 fully saturated rings. The van der Waals surface area contributed by atoms with Crippen molar-refractivity contribution in [2.75, 3.05) is 13.1 Å². The van der Waals surface area contributed by atoms with Crippen LogP contribution in [0.2, 0.25) is 0 Å². The Morgan fingerprint density at radius 1 is 1.59 bits per heavy atom. The van der Waals surface area contributed by atoms with Crippen LogP contribution in [-0.4, -0.2) is 23.9 Å². The van der Waals surface area contributed by atoms with Gasteiger partial charge in [0.15, 0.2) is 5.96 Å². The Balaban J connectivity index is 2.25. The van der Waals surface area contributed by atoms with Gasteiger partial charge in [-0.3, -0.25) is 4.99 Å². The van der Waals surface area contributed by atoms with E-state index in [9.17, 15) is 4.39 Å². The van der Waals surface area contributed by atoms with Gasteiger partial charge in [-0.25, -0.2) is 4.39 Å². The standard InChI is InChI=1S/C12H15BrFN3/c1-2-5-17-11(7-16-12(17)15)8-3-4-9(13)10(14)6-8/h3-4,6,11H,2,5,7H2,1H3,(H2,15,16). The quantitative estimate of drug-likeness (QED) is 0.932. The second kappa shape index (κ2) is 5.04. The lowest BCUT2D eigenvalue weighted by molar-refractivity contribution is 0.346. The van der Waals surface area contributed by atoms with Gasteiger partial charge in [-0.15, -0.1) is 0 Å². The third-order valence-electron chi connectivity index (χ3n) is 2.89. The van der Waals surface area contributed by atoms with E-state index < -0.39 is 0 Å². The molecule has 0 radical (unpaired) electrons. The van der Waals surface area contributed by atoms with Crippen LogP contribution in [-0.2, 0) is 0 Å². The lowest BCUT2D eigenvalue weighted by Gasteiger charge is -2.26. The van der Waals surface area contributed by atoms with E-state index in [4.69, 9.17) is 5.73 Å². The Kier molecular flexibility index (Phi) is 3.66. The highest BCUT2D eigenvalue weighted by atomic mass is 79.9. The number of hydrogen-bond donors (Lipinski definition) is 1. The fourth-order valence-corrected chi connectivity index (χ4v) is 2.29. The first-order valence-corrected chi connectivity index (χ1v) is 6.44. The molecule has 5 heteroatoms. The second-order valence-electron chi connectivity index (χ2n) is 4.08. The largest absolute Gasteiger partial charge is 0.370 e. The minimum Gasteiger partial charge on any atom is -0.370 e. The van der Waals surface area contributed by atoms with E-state index in [-0.39, 0.29) is 11.9 Å². The molecule has 1 aromatic carbocycles. The van der Waals surface area contributed by atoms with Gasteiger partial charge >= 0.3 is 0 Å². The maximum atomic E-state index is 13.5.